The number of hydrogen-bond acceptors (Lipinski definition) is 3. The van der Waals surface area contributed by atoms with Crippen LogP contribution < -0.4 is 9.47 Å². The van der Waals surface area contributed by atoms with Gasteiger partial charge in [0.2, 0.25) is 0 Å². The molecule has 0 bridgehead atoms. The van der Waals surface area contributed by atoms with Crippen molar-refractivity contribution in [2.24, 2.45) is 0 Å². The van der Waals surface area contributed by atoms with E-state index in [2.05, 4.69) is 0 Å². The minimum atomic E-state index is -0.974. The lowest BCUT2D eigenvalue weighted by molar-refractivity contribution is -0.145. The zero-order valence-corrected chi connectivity index (χ0v) is 13.0. The summed E-state index contributed by atoms with van der Waals surface area (Å²) < 4.78 is 10.7. The van der Waals surface area contributed by atoms with Gasteiger partial charge in [0.25, 0.3) is 0 Å². The molecule has 0 aliphatic rings. The molecule has 0 amide bonds. The van der Waals surface area contributed by atoms with E-state index in [0.717, 1.165) is 16.7 Å². The third-order valence-corrected chi connectivity index (χ3v) is 3.65. The molecule has 0 radical (unpaired) electrons. The lowest BCUT2D eigenvalue weighted by Crippen LogP contribution is -2.30. The van der Waals surface area contributed by atoms with Crippen molar-refractivity contribution in [3.63, 3.8) is 0 Å². The van der Waals surface area contributed by atoms with E-state index < -0.39 is 12.1 Å². The fourth-order valence-electron chi connectivity index (χ4n) is 2.35. The van der Waals surface area contributed by atoms with Crippen molar-refractivity contribution in [1.82, 2.24) is 0 Å². The van der Waals surface area contributed by atoms with Gasteiger partial charge in [-0.3, -0.25) is 0 Å². The maximum Gasteiger partial charge on any atom is 0.345 e. The number of carboxylic acid groups (broad SMARTS) is 1. The Morgan fingerprint density at radius 3 is 2.09 bits per heavy atom. The van der Waals surface area contributed by atoms with E-state index in [9.17, 15) is 9.90 Å². The van der Waals surface area contributed by atoms with Crippen LogP contribution in [0.4, 0.5) is 0 Å². The van der Waals surface area contributed by atoms with Crippen LogP contribution in [0.25, 0.3) is 0 Å². The van der Waals surface area contributed by atoms with Crippen molar-refractivity contribution in [2.45, 2.75) is 26.4 Å². The number of benzene rings is 2. The van der Waals surface area contributed by atoms with E-state index in [0.29, 0.717) is 17.9 Å². The van der Waals surface area contributed by atoms with Gasteiger partial charge in [-0.05, 0) is 54.8 Å². The molecule has 0 aliphatic heterocycles. The largest absolute Gasteiger partial charge is 0.497 e. The molecular weight excluding hydrogens is 280 g/mol. The summed E-state index contributed by atoms with van der Waals surface area (Å²) in [4.78, 5) is 11.5. The number of rotatable bonds is 6. The predicted molar refractivity (Wildman–Crippen MR) is 84.7 cm³/mol. The standard InChI is InChI=1S/C18H20O4/c1-12-5-4-6-13(2)16(12)11-17(18(19)20)22-15-9-7-14(21-3)8-10-15/h4-10,17H,11H2,1-3H3,(H,19,20)/t17-/m1/s1. The van der Waals surface area contributed by atoms with Crippen molar-refractivity contribution in [1.29, 1.82) is 0 Å². The van der Waals surface area contributed by atoms with E-state index in [1.807, 2.05) is 32.0 Å². The first kappa shape index (κ1) is 15.9. The average molecular weight is 300 g/mol. The van der Waals surface area contributed by atoms with Gasteiger partial charge in [0.1, 0.15) is 11.5 Å². The van der Waals surface area contributed by atoms with E-state index in [1.165, 1.54) is 0 Å². The molecule has 1 N–H and O–H groups in total. The molecule has 0 aliphatic carbocycles. The molecule has 0 spiro atoms. The van der Waals surface area contributed by atoms with Crippen molar-refractivity contribution < 1.29 is 19.4 Å². The highest BCUT2D eigenvalue weighted by molar-refractivity contribution is 5.73. The third kappa shape index (κ3) is 3.79. The maximum absolute atomic E-state index is 11.5. The Morgan fingerprint density at radius 1 is 1.05 bits per heavy atom. The molecule has 0 saturated carbocycles. The maximum atomic E-state index is 11.5. The predicted octanol–water partition coefficient (Wildman–Crippen LogP) is 3.39. The summed E-state index contributed by atoms with van der Waals surface area (Å²) in [5.41, 5.74) is 3.16. The zero-order valence-electron chi connectivity index (χ0n) is 13.0. The molecule has 0 heterocycles. The van der Waals surface area contributed by atoms with Gasteiger partial charge in [0, 0.05) is 6.42 Å². The fourth-order valence-corrected chi connectivity index (χ4v) is 2.35. The molecule has 2 aromatic rings. The van der Waals surface area contributed by atoms with Crippen LogP contribution in [-0.4, -0.2) is 24.3 Å². The van der Waals surface area contributed by atoms with Crippen molar-refractivity contribution in [3.05, 3.63) is 59.2 Å². The SMILES string of the molecule is COc1ccc(O[C@H](Cc2c(C)cccc2C)C(=O)O)cc1. The van der Waals surface area contributed by atoms with Crippen LogP contribution in [-0.2, 0) is 11.2 Å². The highest BCUT2D eigenvalue weighted by Gasteiger charge is 2.21. The van der Waals surface area contributed by atoms with E-state index >= 15 is 0 Å². The lowest BCUT2D eigenvalue weighted by atomic mass is 9.97. The van der Waals surface area contributed by atoms with Crippen LogP contribution in [0.3, 0.4) is 0 Å². The van der Waals surface area contributed by atoms with Crippen LogP contribution in [0.2, 0.25) is 0 Å². The summed E-state index contributed by atoms with van der Waals surface area (Å²) in [6.07, 6.45) is -0.590. The number of hydrogen-bond donors (Lipinski definition) is 1. The monoisotopic (exact) mass is 300 g/mol. The fraction of sp³-hybridized carbons (Fsp3) is 0.278. The van der Waals surface area contributed by atoms with Crippen molar-refractivity contribution in [3.8, 4) is 11.5 Å². The van der Waals surface area contributed by atoms with Crippen LogP contribution in [0, 0.1) is 13.8 Å². The average Bonchev–Trinajstić information content (AvgIpc) is 2.50. The van der Waals surface area contributed by atoms with Crippen LogP contribution in [0.1, 0.15) is 16.7 Å². The lowest BCUT2D eigenvalue weighted by Gasteiger charge is -2.18. The highest BCUT2D eigenvalue weighted by atomic mass is 16.5. The molecule has 1 atom stereocenters. The highest BCUT2D eigenvalue weighted by Crippen LogP contribution is 2.21. The smallest absolute Gasteiger partial charge is 0.345 e. The molecule has 22 heavy (non-hydrogen) atoms. The molecule has 2 aromatic carbocycles. The number of carboxylic acids is 1. The van der Waals surface area contributed by atoms with Gasteiger partial charge in [-0.25, -0.2) is 4.79 Å². The minimum absolute atomic E-state index is 0.333. The van der Waals surface area contributed by atoms with Gasteiger partial charge in [-0.2, -0.15) is 0 Å². The molecule has 0 aromatic heterocycles. The number of methoxy groups -OCH3 is 1. The van der Waals surface area contributed by atoms with Gasteiger partial charge in [-0.15, -0.1) is 0 Å². The quantitative estimate of drug-likeness (QED) is 0.888. The normalized spacial score (nSPS) is 11.8. The van der Waals surface area contributed by atoms with Crippen LogP contribution in [0.5, 0.6) is 11.5 Å². The Balaban J connectivity index is 2.18. The van der Waals surface area contributed by atoms with Gasteiger partial charge < -0.3 is 14.6 Å². The number of aryl methyl sites for hydroxylation is 2. The molecule has 4 heteroatoms. The third-order valence-electron chi connectivity index (χ3n) is 3.65. The Bertz CT molecular complexity index is 626. The number of aliphatic carboxylic acids is 1. The second kappa shape index (κ2) is 6.98. The summed E-state index contributed by atoms with van der Waals surface area (Å²) in [7, 11) is 1.58. The van der Waals surface area contributed by atoms with Gasteiger partial charge in [0.05, 0.1) is 7.11 Å². The Morgan fingerprint density at radius 2 is 1.59 bits per heavy atom. The first-order chi connectivity index (χ1) is 10.5. The molecular formula is C18H20O4. The summed E-state index contributed by atoms with van der Waals surface area (Å²) in [5.74, 6) is 0.242. The summed E-state index contributed by atoms with van der Waals surface area (Å²) >= 11 is 0. The molecule has 2 rings (SSSR count). The van der Waals surface area contributed by atoms with Gasteiger partial charge in [-0.1, -0.05) is 18.2 Å². The molecule has 0 saturated heterocycles. The van der Waals surface area contributed by atoms with Crippen molar-refractivity contribution in [2.75, 3.05) is 7.11 Å². The van der Waals surface area contributed by atoms with Gasteiger partial charge >= 0.3 is 5.97 Å². The first-order valence-electron chi connectivity index (χ1n) is 7.10. The molecule has 0 unspecified atom stereocenters. The number of carbonyl (C=O) groups is 1. The summed E-state index contributed by atoms with van der Waals surface area (Å²) in [5, 5.41) is 9.43. The molecule has 116 valence electrons. The zero-order chi connectivity index (χ0) is 16.1. The molecule has 0 fully saturated rings. The minimum Gasteiger partial charge on any atom is -0.497 e. The Kier molecular flexibility index (Phi) is 5.04. The second-order valence-corrected chi connectivity index (χ2v) is 5.19. The van der Waals surface area contributed by atoms with E-state index in [-0.39, 0.29) is 0 Å². The van der Waals surface area contributed by atoms with E-state index in [1.54, 1.807) is 31.4 Å². The van der Waals surface area contributed by atoms with E-state index in [4.69, 9.17) is 9.47 Å². The first-order valence-corrected chi connectivity index (χ1v) is 7.10. The van der Waals surface area contributed by atoms with Crippen LogP contribution >= 0.6 is 0 Å². The van der Waals surface area contributed by atoms with Crippen molar-refractivity contribution >= 4 is 5.97 Å². The Hall–Kier alpha value is -2.49. The summed E-state index contributed by atoms with van der Waals surface area (Å²) in [6, 6.07) is 12.8. The Labute approximate surface area is 130 Å². The second-order valence-electron chi connectivity index (χ2n) is 5.19. The molecule has 4 nitrogen and oxygen atoms in total. The topological polar surface area (TPSA) is 55.8 Å². The van der Waals surface area contributed by atoms with Crippen LogP contribution in [0.15, 0.2) is 42.5 Å². The summed E-state index contributed by atoms with van der Waals surface area (Å²) in [6.45, 7) is 3.96. The van der Waals surface area contributed by atoms with Gasteiger partial charge in [0.15, 0.2) is 6.10 Å². The number of ether oxygens (including phenoxy) is 2.